The lowest BCUT2D eigenvalue weighted by Crippen LogP contribution is -2.12. The van der Waals surface area contributed by atoms with E-state index in [1.54, 1.807) is 3.96 Å². The summed E-state index contributed by atoms with van der Waals surface area (Å²) in [4.78, 5) is 11.8. The third kappa shape index (κ3) is 1.95. The third-order valence-corrected chi connectivity index (χ3v) is 3.29. The van der Waals surface area contributed by atoms with Gasteiger partial charge in [0.25, 0.3) is 5.56 Å². The second kappa shape index (κ2) is 4.33. The fourth-order valence-corrected chi connectivity index (χ4v) is 2.44. The number of fused-ring (bicyclic) bond motifs is 1. The second-order valence-electron chi connectivity index (χ2n) is 3.17. The number of hydrogen-bond acceptors (Lipinski definition) is 2. The lowest BCUT2D eigenvalue weighted by molar-refractivity contribution is 0.764. The maximum absolute atomic E-state index is 11.8. The van der Waals surface area contributed by atoms with Crippen LogP contribution in [0.1, 0.15) is 13.3 Å². The smallest absolute Gasteiger partial charge is 0.268 e. The van der Waals surface area contributed by atoms with Gasteiger partial charge in [-0.05, 0) is 19.1 Å². The molecule has 3 heteroatoms. The van der Waals surface area contributed by atoms with Crippen LogP contribution in [0.2, 0.25) is 0 Å². The summed E-state index contributed by atoms with van der Waals surface area (Å²) >= 11 is 1.51. The van der Waals surface area contributed by atoms with Gasteiger partial charge in [-0.3, -0.25) is 8.75 Å². The summed E-state index contributed by atoms with van der Waals surface area (Å²) in [5.74, 6) is 5.80. The number of aryl methyl sites for hydroxylation is 1. The van der Waals surface area contributed by atoms with Crippen LogP contribution in [0, 0.1) is 11.8 Å². The Morgan fingerprint density at radius 1 is 1.40 bits per heavy atom. The molecular weight excluding hydrogens is 206 g/mol. The Bertz CT molecular complexity index is 583. The number of nitrogens with zero attached hydrogens (tertiary/aromatic N) is 1. The van der Waals surface area contributed by atoms with Crippen LogP contribution < -0.4 is 5.56 Å². The minimum atomic E-state index is 0.105. The van der Waals surface area contributed by atoms with Crippen molar-refractivity contribution in [2.75, 3.05) is 0 Å². The lowest BCUT2D eigenvalue weighted by atomic mass is 10.3. The van der Waals surface area contributed by atoms with E-state index in [0.717, 1.165) is 16.5 Å². The second-order valence-corrected chi connectivity index (χ2v) is 4.23. The molecule has 2 nitrogen and oxygen atoms in total. The summed E-state index contributed by atoms with van der Waals surface area (Å²) in [6.07, 6.45) is 0.739. The largest absolute Gasteiger partial charge is 0.268 e. The molecule has 0 aliphatic carbocycles. The van der Waals surface area contributed by atoms with Crippen LogP contribution in [0.4, 0.5) is 0 Å². The zero-order valence-electron chi connectivity index (χ0n) is 8.49. The van der Waals surface area contributed by atoms with Crippen LogP contribution >= 0.6 is 11.5 Å². The zero-order valence-corrected chi connectivity index (χ0v) is 9.30. The fraction of sp³-hybridized carbons (Fsp3) is 0.250. The molecule has 1 aromatic heterocycles. The molecule has 15 heavy (non-hydrogen) atoms. The molecule has 2 aromatic rings. The monoisotopic (exact) mass is 217 g/mol. The molecule has 0 radical (unpaired) electrons. The highest BCUT2D eigenvalue weighted by Crippen LogP contribution is 2.15. The fourth-order valence-electron chi connectivity index (χ4n) is 1.45. The topological polar surface area (TPSA) is 22.0 Å². The van der Waals surface area contributed by atoms with E-state index in [0.29, 0.717) is 6.54 Å². The van der Waals surface area contributed by atoms with Gasteiger partial charge in [-0.2, -0.15) is 0 Å². The first-order chi connectivity index (χ1) is 7.33. The summed E-state index contributed by atoms with van der Waals surface area (Å²) in [6, 6.07) is 7.70. The van der Waals surface area contributed by atoms with Gasteiger partial charge >= 0.3 is 0 Å². The molecule has 1 heterocycles. The first kappa shape index (κ1) is 10.0. The van der Waals surface area contributed by atoms with Gasteiger partial charge in [0.05, 0.1) is 10.1 Å². The zero-order chi connectivity index (χ0) is 10.7. The van der Waals surface area contributed by atoms with Gasteiger partial charge in [0.2, 0.25) is 0 Å². The van der Waals surface area contributed by atoms with E-state index >= 15 is 0 Å². The van der Waals surface area contributed by atoms with Crippen molar-refractivity contribution in [1.29, 1.82) is 0 Å². The molecule has 0 spiro atoms. The highest BCUT2D eigenvalue weighted by molar-refractivity contribution is 7.13. The summed E-state index contributed by atoms with van der Waals surface area (Å²) in [5.41, 5.74) is 0.105. The van der Waals surface area contributed by atoms with E-state index in [2.05, 4.69) is 11.8 Å². The van der Waals surface area contributed by atoms with Crippen molar-refractivity contribution in [2.45, 2.75) is 19.9 Å². The van der Waals surface area contributed by atoms with Gasteiger partial charge in [0.15, 0.2) is 0 Å². The first-order valence-electron chi connectivity index (χ1n) is 4.81. The molecular formula is C12H11NOS. The van der Waals surface area contributed by atoms with E-state index in [-0.39, 0.29) is 5.56 Å². The van der Waals surface area contributed by atoms with Crippen LogP contribution in [0.3, 0.4) is 0 Å². The molecule has 0 unspecified atom stereocenters. The Hall–Kier alpha value is -1.53. The quantitative estimate of drug-likeness (QED) is 0.708. The average Bonchev–Trinajstić information content (AvgIpc) is 2.57. The molecule has 1 aromatic carbocycles. The molecule has 0 saturated carbocycles. The number of rotatable bonds is 2. The van der Waals surface area contributed by atoms with Gasteiger partial charge in [0.1, 0.15) is 0 Å². The molecule has 0 aliphatic rings. The van der Waals surface area contributed by atoms with Gasteiger partial charge in [0, 0.05) is 13.0 Å². The molecule has 0 aliphatic heterocycles. The van der Waals surface area contributed by atoms with Crippen LogP contribution in [-0.2, 0) is 6.54 Å². The van der Waals surface area contributed by atoms with Gasteiger partial charge in [-0.1, -0.05) is 23.7 Å². The van der Waals surface area contributed by atoms with Crippen molar-refractivity contribution in [3.8, 4) is 11.8 Å². The Balaban J connectivity index is 2.39. The van der Waals surface area contributed by atoms with E-state index < -0.39 is 0 Å². The molecule has 2 rings (SSSR count). The van der Waals surface area contributed by atoms with Crippen LogP contribution in [0.25, 0.3) is 10.1 Å². The maximum Gasteiger partial charge on any atom is 0.268 e. The first-order valence-corrected chi connectivity index (χ1v) is 5.58. The van der Waals surface area contributed by atoms with Gasteiger partial charge in [-0.15, -0.1) is 11.8 Å². The Labute approximate surface area is 92.3 Å². The van der Waals surface area contributed by atoms with Gasteiger partial charge < -0.3 is 0 Å². The SMILES string of the molecule is CC#CCCn1sc2ccccc2c1=O. The maximum atomic E-state index is 11.8. The van der Waals surface area contributed by atoms with E-state index in [4.69, 9.17) is 0 Å². The van der Waals surface area contributed by atoms with Crippen LogP contribution in [0.5, 0.6) is 0 Å². The summed E-state index contributed by atoms with van der Waals surface area (Å²) in [5, 5.41) is 0.812. The molecule has 0 fully saturated rings. The molecule has 0 amide bonds. The molecule has 0 atom stereocenters. The summed E-state index contributed by atoms with van der Waals surface area (Å²) < 4.78 is 2.82. The van der Waals surface area contributed by atoms with Crippen molar-refractivity contribution in [1.82, 2.24) is 3.96 Å². The van der Waals surface area contributed by atoms with Crippen molar-refractivity contribution >= 4 is 21.6 Å². The van der Waals surface area contributed by atoms with E-state index in [1.807, 2.05) is 31.2 Å². The highest BCUT2D eigenvalue weighted by atomic mass is 32.1. The van der Waals surface area contributed by atoms with Crippen molar-refractivity contribution < 1.29 is 0 Å². The average molecular weight is 217 g/mol. The molecule has 0 bridgehead atoms. The number of benzene rings is 1. The lowest BCUT2D eigenvalue weighted by Gasteiger charge is -1.92. The predicted molar refractivity (Wildman–Crippen MR) is 64.2 cm³/mol. The highest BCUT2D eigenvalue weighted by Gasteiger charge is 2.04. The van der Waals surface area contributed by atoms with Crippen molar-refractivity contribution in [2.24, 2.45) is 0 Å². The van der Waals surface area contributed by atoms with E-state index in [1.165, 1.54) is 11.5 Å². The predicted octanol–water partition coefficient (Wildman–Crippen LogP) is 2.48. The molecule has 0 saturated heterocycles. The minimum absolute atomic E-state index is 0.105. The number of hydrogen-bond donors (Lipinski definition) is 0. The van der Waals surface area contributed by atoms with Gasteiger partial charge in [-0.25, -0.2) is 0 Å². The third-order valence-electron chi connectivity index (χ3n) is 2.17. The van der Waals surface area contributed by atoms with E-state index in [9.17, 15) is 4.79 Å². The summed E-state index contributed by atoms with van der Waals surface area (Å²) in [7, 11) is 0. The van der Waals surface area contributed by atoms with Crippen LogP contribution in [-0.4, -0.2) is 3.96 Å². The number of aromatic nitrogens is 1. The van der Waals surface area contributed by atoms with Crippen molar-refractivity contribution in [3.05, 3.63) is 34.6 Å². The molecule has 0 N–H and O–H groups in total. The molecule has 76 valence electrons. The minimum Gasteiger partial charge on any atom is -0.268 e. The summed E-state index contributed by atoms with van der Waals surface area (Å²) in [6.45, 7) is 2.51. The Morgan fingerprint density at radius 2 is 2.20 bits per heavy atom. The van der Waals surface area contributed by atoms with Crippen molar-refractivity contribution in [3.63, 3.8) is 0 Å². The standard InChI is InChI=1S/C12H11NOS/c1-2-3-6-9-13-12(14)10-7-4-5-8-11(10)15-13/h4-5,7-8H,6,9H2,1H3. The Kier molecular flexibility index (Phi) is 2.89. The normalized spacial score (nSPS) is 9.93. The van der Waals surface area contributed by atoms with Crippen LogP contribution in [0.15, 0.2) is 29.1 Å². The Morgan fingerprint density at radius 3 is 2.93 bits per heavy atom.